The lowest BCUT2D eigenvalue weighted by molar-refractivity contribution is 0.197. The van der Waals surface area contributed by atoms with Crippen LogP contribution in [0.25, 0.3) is 0 Å². The second-order valence-corrected chi connectivity index (χ2v) is 3.91. The fourth-order valence-electron chi connectivity index (χ4n) is 0.744. The number of rotatable bonds is 1. The Hall–Kier alpha value is 0.210. The Labute approximate surface area is 73.5 Å². The van der Waals surface area contributed by atoms with E-state index < -0.39 is 4.51 Å². The lowest BCUT2D eigenvalue weighted by Gasteiger charge is -2.18. The van der Waals surface area contributed by atoms with Crippen LogP contribution < -0.4 is 0 Å². The molecule has 0 radical (unpaired) electrons. The average molecular weight is 223 g/mol. The molecule has 1 unspecified atom stereocenters. The lowest BCUT2D eigenvalue weighted by Crippen LogP contribution is -2.17. The molecule has 0 amide bonds. The molecule has 0 aromatic rings. The maximum absolute atomic E-state index is 9.33. The van der Waals surface area contributed by atoms with Crippen molar-refractivity contribution in [3.8, 4) is 0 Å². The first-order valence-electron chi connectivity index (χ1n) is 2.99. The SMILES string of the molecule is OC1(Br)C=CC(CCl)=CC1. The van der Waals surface area contributed by atoms with Crippen LogP contribution in [0, 0.1) is 0 Å². The molecule has 0 fully saturated rings. The van der Waals surface area contributed by atoms with Crippen molar-refractivity contribution in [3.05, 3.63) is 23.8 Å². The molecule has 3 heteroatoms. The molecule has 0 aromatic carbocycles. The van der Waals surface area contributed by atoms with Crippen molar-refractivity contribution in [2.75, 3.05) is 5.88 Å². The minimum Gasteiger partial charge on any atom is -0.375 e. The normalized spacial score (nSPS) is 32.1. The second kappa shape index (κ2) is 3.07. The summed E-state index contributed by atoms with van der Waals surface area (Å²) in [7, 11) is 0. The summed E-state index contributed by atoms with van der Waals surface area (Å²) in [5.41, 5.74) is 1.06. The van der Waals surface area contributed by atoms with Gasteiger partial charge >= 0.3 is 0 Å². The van der Waals surface area contributed by atoms with Gasteiger partial charge in [0, 0.05) is 12.3 Å². The van der Waals surface area contributed by atoms with E-state index in [4.69, 9.17) is 11.6 Å². The van der Waals surface area contributed by atoms with Crippen molar-refractivity contribution in [3.63, 3.8) is 0 Å². The second-order valence-electron chi connectivity index (χ2n) is 2.27. The Morgan fingerprint density at radius 3 is 2.90 bits per heavy atom. The van der Waals surface area contributed by atoms with Crippen molar-refractivity contribution in [1.29, 1.82) is 0 Å². The van der Waals surface area contributed by atoms with E-state index in [1.54, 1.807) is 6.08 Å². The summed E-state index contributed by atoms with van der Waals surface area (Å²) in [5, 5.41) is 9.33. The van der Waals surface area contributed by atoms with Gasteiger partial charge in [0.05, 0.1) is 0 Å². The van der Waals surface area contributed by atoms with Crippen molar-refractivity contribution in [1.82, 2.24) is 0 Å². The van der Waals surface area contributed by atoms with Crippen molar-refractivity contribution >= 4 is 27.5 Å². The summed E-state index contributed by atoms with van der Waals surface area (Å²) in [6.45, 7) is 0. The summed E-state index contributed by atoms with van der Waals surface area (Å²) in [5.74, 6) is 0.513. The Morgan fingerprint density at radius 2 is 2.50 bits per heavy atom. The minimum atomic E-state index is -0.845. The van der Waals surface area contributed by atoms with Crippen LogP contribution in [0.2, 0.25) is 0 Å². The topological polar surface area (TPSA) is 20.2 Å². The number of allylic oxidation sites excluding steroid dienone is 2. The quantitative estimate of drug-likeness (QED) is 0.676. The molecule has 0 heterocycles. The molecule has 10 heavy (non-hydrogen) atoms. The third kappa shape index (κ3) is 2.11. The van der Waals surface area contributed by atoms with Gasteiger partial charge in [0.25, 0.3) is 0 Å². The van der Waals surface area contributed by atoms with Crippen molar-refractivity contribution in [2.45, 2.75) is 10.9 Å². The smallest absolute Gasteiger partial charge is 0.141 e. The summed E-state index contributed by atoms with van der Waals surface area (Å²) in [4.78, 5) is 0. The van der Waals surface area contributed by atoms with Crippen molar-refractivity contribution in [2.24, 2.45) is 0 Å². The summed E-state index contributed by atoms with van der Waals surface area (Å²) in [6, 6.07) is 0. The highest BCUT2D eigenvalue weighted by atomic mass is 79.9. The fourth-order valence-corrected chi connectivity index (χ4v) is 1.24. The van der Waals surface area contributed by atoms with Gasteiger partial charge in [0.2, 0.25) is 0 Å². The van der Waals surface area contributed by atoms with Crippen LogP contribution in [-0.2, 0) is 0 Å². The molecular weight excluding hydrogens is 215 g/mol. The zero-order valence-electron chi connectivity index (χ0n) is 5.35. The molecule has 0 aromatic heterocycles. The third-order valence-electron chi connectivity index (χ3n) is 1.36. The van der Waals surface area contributed by atoms with Crippen LogP contribution in [0.1, 0.15) is 6.42 Å². The maximum atomic E-state index is 9.33. The molecule has 1 aliphatic rings. The number of hydrogen-bond donors (Lipinski definition) is 1. The van der Waals surface area contributed by atoms with Gasteiger partial charge in [-0.3, -0.25) is 0 Å². The van der Waals surface area contributed by atoms with Gasteiger partial charge in [0.1, 0.15) is 4.51 Å². The van der Waals surface area contributed by atoms with Gasteiger partial charge in [-0.15, -0.1) is 11.6 Å². The Kier molecular flexibility index (Phi) is 2.55. The van der Waals surface area contributed by atoms with Crippen LogP contribution in [0.15, 0.2) is 23.8 Å². The fraction of sp³-hybridized carbons (Fsp3) is 0.429. The average Bonchev–Trinajstić information content (AvgIpc) is 1.88. The van der Waals surface area contributed by atoms with E-state index in [2.05, 4.69) is 15.9 Å². The molecule has 1 aliphatic carbocycles. The van der Waals surface area contributed by atoms with Gasteiger partial charge < -0.3 is 5.11 Å². The zero-order valence-corrected chi connectivity index (χ0v) is 7.69. The highest BCUT2D eigenvalue weighted by molar-refractivity contribution is 9.10. The number of hydrogen-bond acceptors (Lipinski definition) is 1. The standard InChI is InChI=1S/C7H8BrClO/c8-7(10)3-1-6(5-9)2-4-7/h1-3,10H,4-5H2. The van der Waals surface area contributed by atoms with E-state index in [0.717, 1.165) is 5.57 Å². The molecule has 0 bridgehead atoms. The molecular formula is C7H8BrClO. The first-order chi connectivity index (χ1) is 4.64. The van der Waals surface area contributed by atoms with E-state index in [-0.39, 0.29) is 0 Å². The first kappa shape index (κ1) is 8.31. The molecule has 0 saturated carbocycles. The van der Waals surface area contributed by atoms with E-state index in [0.29, 0.717) is 12.3 Å². The largest absolute Gasteiger partial charge is 0.375 e. The Bertz CT molecular complexity index is 184. The maximum Gasteiger partial charge on any atom is 0.141 e. The minimum absolute atomic E-state index is 0.513. The van der Waals surface area contributed by atoms with Gasteiger partial charge in [0.15, 0.2) is 0 Å². The first-order valence-corrected chi connectivity index (χ1v) is 4.32. The third-order valence-corrected chi connectivity index (χ3v) is 2.25. The van der Waals surface area contributed by atoms with Crippen LogP contribution in [-0.4, -0.2) is 15.5 Å². The highest BCUT2D eigenvalue weighted by Gasteiger charge is 2.19. The Balaban J connectivity index is 2.63. The van der Waals surface area contributed by atoms with Gasteiger partial charge in [-0.1, -0.05) is 12.2 Å². The molecule has 1 N–H and O–H groups in total. The summed E-state index contributed by atoms with van der Waals surface area (Å²) < 4.78 is -0.845. The molecule has 0 saturated heterocycles. The van der Waals surface area contributed by atoms with Crippen LogP contribution in [0.4, 0.5) is 0 Å². The van der Waals surface area contributed by atoms with Gasteiger partial charge in [-0.05, 0) is 27.6 Å². The number of halogens is 2. The molecule has 0 aliphatic heterocycles. The van der Waals surface area contributed by atoms with Crippen LogP contribution >= 0.6 is 27.5 Å². The predicted octanol–water partition coefficient (Wildman–Crippen LogP) is 2.20. The number of aliphatic hydroxyl groups is 1. The monoisotopic (exact) mass is 222 g/mol. The van der Waals surface area contributed by atoms with Gasteiger partial charge in [-0.2, -0.15) is 0 Å². The van der Waals surface area contributed by atoms with E-state index in [1.165, 1.54) is 0 Å². The molecule has 0 spiro atoms. The molecule has 1 nitrogen and oxygen atoms in total. The summed E-state index contributed by atoms with van der Waals surface area (Å²) >= 11 is 8.69. The van der Waals surface area contributed by atoms with Crippen LogP contribution in [0.3, 0.4) is 0 Å². The zero-order chi connectivity index (χ0) is 7.61. The molecule has 56 valence electrons. The van der Waals surface area contributed by atoms with Crippen molar-refractivity contribution < 1.29 is 5.11 Å². The summed E-state index contributed by atoms with van der Waals surface area (Å²) in [6.07, 6.45) is 6.03. The molecule has 1 atom stereocenters. The van der Waals surface area contributed by atoms with E-state index in [1.807, 2.05) is 12.2 Å². The van der Waals surface area contributed by atoms with Crippen LogP contribution in [0.5, 0.6) is 0 Å². The highest BCUT2D eigenvalue weighted by Crippen LogP contribution is 2.26. The predicted molar refractivity (Wildman–Crippen MR) is 46.4 cm³/mol. The number of alkyl halides is 2. The van der Waals surface area contributed by atoms with E-state index in [9.17, 15) is 5.11 Å². The van der Waals surface area contributed by atoms with E-state index >= 15 is 0 Å². The molecule has 1 rings (SSSR count). The lowest BCUT2D eigenvalue weighted by atomic mass is 10.1. The Morgan fingerprint density at radius 1 is 1.80 bits per heavy atom. The van der Waals surface area contributed by atoms with Gasteiger partial charge in [-0.25, -0.2) is 0 Å².